The van der Waals surface area contributed by atoms with Crippen LogP contribution in [0.2, 0.25) is 0 Å². The third-order valence-corrected chi connectivity index (χ3v) is 6.86. The van der Waals surface area contributed by atoms with Gasteiger partial charge in [-0.15, -0.1) is 11.3 Å². The summed E-state index contributed by atoms with van der Waals surface area (Å²) in [6.07, 6.45) is 9.24. The van der Waals surface area contributed by atoms with E-state index in [4.69, 9.17) is 0 Å². The molecule has 2 amide bonds. The highest BCUT2D eigenvalue weighted by Crippen LogP contribution is 2.34. The Morgan fingerprint density at radius 3 is 2.36 bits per heavy atom. The molecule has 33 heavy (non-hydrogen) atoms. The van der Waals surface area contributed by atoms with E-state index in [2.05, 4.69) is 22.4 Å². The standard InChI is InChI=1S/C27H29N3O2S/c1-20(31)30(24-15-9-4-10-16-24)27-28-23(19-33-27)17-18-25(32)29-26(21-11-5-2-6-12-21)22-13-7-3-8-14-22/h2,4-6,9-12,15-19,22,26H,3,7-8,13-14H2,1H3,(H,29,32)/b18-17+. The van der Waals surface area contributed by atoms with Gasteiger partial charge in [-0.25, -0.2) is 4.98 Å². The van der Waals surface area contributed by atoms with Crippen LogP contribution in [0.5, 0.6) is 0 Å². The van der Waals surface area contributed by atoms with Gasteiger partial charge in [-0.1, -0.05) is 67.8 Å². The highest BCUT2D eigenvalue weighted by atomic mass is 32.1. The van der Waals surface area contributed by atoms with E-state index in [1.165, 1.54) is 43.6 Å². The van der Waals surface area contributed by atoms with Crippen molar-refractivity contribution in [2.24, 2.45) is 5.92 Å². The minimum atomic E-state index is -0.129. The van der Waals surface area contributed by atoms with Gasteiger partial charge in [0, 0.05) is 18.4 Å². The molecule has 6 heteroatoms. The fourth-order valence-corrected chi connectivity index (χ4v) is 5.28. The van der Waals surface area contributed by atoms with Gasteiger partial charge in [-0.3, -0.25) is 14.5 Å². The Balaban J connectivity index is 1.46. The van der Waals surface area contributed by atoms with Crippen LogP contribution in [-0.4, -0.2) is 16.8 Å². The molecular formula is C27H29N3O2S. The SMILES string of the molecule is CC(=O)N(c1ccccc1)c1nc(/C=C/C(=O)NC(c2ccccc2)C2CCCCC2)cs1. The van der Waals surface area contributed by atoms with Gasteiger partial charge >= 0.3 is 0 Å². The molecule has 0 saturated heterocycles. The number of amides is 2. The Kier molecular flexibility index (Phi) is 7.68. The number of benzene rings is 2. The number of para-hydroxylation sites is 1. The summed E-state index contributed by atoms with van der Waals surface area (Å²) in [7, 11) is 0. The van der Waals surface area contributed by atoms with Gasteiger partial charge in [-0.05, 0) is 42.5 Å². The predicted molar refractivity (Wildman–Crippen MR) is 134 cm³/mol. The highest BCUT2D eigenvalue weighted by molar-refractivity contribution is 7.14. The van der Waals surface area contributed by atoms with Gasteiger partial charge in [0.1, 0.15) is 0 Å². The van der Waals surface area contributed by atoms with Crippen molar-refractivity contribution >= 4 is 40.0 Å². The van der Waals surface area contributed by atoms with Crippen LogP contribution < -0.4 is 10.2 Å². The van der Waals surface area contributed by atoms with Gasteiger partial charge in [0.15, 0.2) is 5.13 Å². The molecule has 0 radical (unpaired) electrons. The van der Waals surface area contributed by atoms with E-state index in [-0.39, 0.29) is 17.9 Å². The zero-order valence-corrected chi connectivity index (χ0v) is 19.6. The number of nitrogens with one attached hydrogen (secondary N) is 1. The van der Waals surface area contributed by atoms with E-state index in [0.717, 1.165) is 24.1 Å². The molecule has 0 bridgehead atoms. The van der Waals surface area contributed by atoms with Crippen LogP contribution in [-0.2, 0) is 9.59 Å². The summed E-state index contributed by atoms with van der Waals surface area (Å²) in [6.45, 7) is 1.52. The van der Waals surface area contributed by atoms with E-state index in [1.807, 2.05) is 53.9 Å². The number of nitrogens with zero attached hydrogens (tertiary/aromatic N) is 2. The van der Waals surface area contributed by atoms with Crippen molar-refractivity contribution in [1.82, 2.24) is 10.3 Å². The van der Waals surface area contributed by atoms with Gasteiger partial charge in [0.2, 0.25) is 11.8 Å². The molecule has 3 aromatic rings. The normalized spacial score (nSPS) is 15.3. The second-order valence-electron chi connectivity index (χ2n) is 8.37. The number of rotatable bonds is 7. The first-order valence-corrected chi connectivity index (χ1v) is 12.3. The van der Waals surface area contributed by atoms with E-state index in [0.29, 0.717) is 16.7 Å². The maximum absolute atomic E-state index is 12.8. The first kappa shape index (κ1) is 22.9. The average Bonchev–Trinajstić information content (AvgIpc) is 3.31. The molecular weight excluding hydrogens is 430 g/mol. The second-order valence-corrected chi connectivity index (χ2v) is 9.21. The lowest BCUT2D eigenvalue weighted by atomic mass is 9.81. The Morgan fingerprint density at radius 2 is 1.70 bits per heavy atom. The van der Waals surface area contributed by atoms with Crippen molar-refractivity contribution in [3.8, 4) is 0 Å². The number of carbonyl (C=O) groups is 2. The lowest BCUT2D eigenvalue weighted by Gasteiger charge is -2.31. The van der Waals surface area contributed by atoms with Crippen molar-refractivity contribution < 1.29 is 9.59 Å². The molecule has 0 aliphatic heterocycles. The Hall–Kier alpha value is -3.25. The molecule has 2 aromatic carbocycles. The van der Waals surface area contributed by atoms with Crippen LogP contribution in [0.15, 0.2) is 72.1 Å². The summed E-state index contributed by atoms with van der Waals surface area (Å²) in [4.78, 5) is 31.2. The van der Waals surface area contributed by atoms with Crippen LogP contribution in [0.3, 0.4) is 0 Å². The molecule has 170 valence electrons. The minimum Gasteiger partial charge on any atom is -0.345 e. The number of anilines is 2. The first-order valence-electron chi connectivity index (χ1n) is 11.5. The van der Waals surface area contributed by atoms with E-state index < -0.39 is 0 Å². The van der Waals surface area contributed by atoms with Crippen LogP contribution in [0.1, 0.15) is 56.3 Å². The number of hydrogen-bond acceptors (Lipinski definition) is 4. The minimum absolute atomic E-state index is 0.0147. The number of hydrogen-bond donors (Lipinski definition) is 1. The zero-order valence-electron chi connectivity index (χ0n) is 18.8. The van der Waals surface area contributed by atoms with Crippen molar-refractivity contribution in [3.05, 3.63) is 83.4 Å². The zero-order chi connectivity index (χ0) is 23.0. The van der Waals surface area contributed by atoms with E-state index in [1.54, 1.807) is 11.0 Å². The van der Waals surface area contributed by atoms with Crippen LogP contribution in [0.4, 0.5) is 10.8 Å². The molecule has 4 rings (SSSR count). The first-order chi connectivity index (χ1) is 16.1. The van der Waals surface area contributed by atoms with Crippen molar-refractivity contribution in [3.63, 3.8) is 0 Å². The third-order valence-electron chi connectivity index (χ3n) is 6.01. The smallest absolute Gasteiger partial charge is 0.244 e. The van der Waals surface area contributed by atoms with E-state index >= 15 is 0 Å². The summed E-state index contributed by atoms with van der Waals surface area (Å²) in [5, 5.41) is 5.67. The Labute approximate surface area is 199 Å². The van der Waals surface area contributed by atoms with Crippen LogP contribution in [0.25, 0.3) is 6.08 Å². The largest absolute Gasteiger partial charge is 0.345 e. The highest BCUT2D eigenvalue weighted by Gasteiger charge is 2.26. The monoisotopic (exact) mass is 459 g/mol. The summed E-state index contributed by atoms with van der Waals surface area (Å²) < 4.78 is 0. The second kappa shape index (κ2) is 11.1. The molecule has 1 atom stereocenters. The Morgan fingerprint density at radius 1 is 1.03 bits per heavy atom. The molecule has 0 spiro atoms. The molecule has 1 heterocycles. The molecule has 1 saturated carbocycles. The van der Waals surface area contributed by atoms with E-state index in [9.17, 15) is 9.59 Å². The lowest BCUT2D eigenvalue weighted by molar-refractivity contribution is -0.118. The maximum Gasteiger partial charge on any atom is 0.244 e. The fourth-order valence-electron chi connectivity index (χ4n) is 4.42. The van der Waals surface area contributed by atoms with Crippen LogP contribution >= 0.6 is 11.3 Å². The topological polar surface area (TPSA) is 62.3 Å². The summed E-state index contributed by atoms with van der Waals surface area (Å²) in [6, 6.07) is 19.7. The predicted octanol–water partition coefficient (Wildman–Crippen LogP) is 6.28. The fraction of sp³-hybridized carbons (Fsp3) is 0.296. The molecule has 5 nitrogen and oxygen atoms in total. The maximum atomic E-state index is 12.8. The Bertz CT molecular complexity index is 1090. The molecule has 1 aromatic heterocycles. The quantitative estimate of drug-likeness (QED) is 0.423. The molecule has 1 aliphatic carbocycles. The van der Waals surface area contributed by atoms with Crippen molar-refractivity contribution in [2.75, 3.05) is 4.90 Å². The molecule has 1 fully saturated rings. The lowest BCUT2D eigenvalue weighted by Crippen LogP contribution is -2.33. The number of thiazole rings is 1. The summed E-state index contributed by atoms with van der Waals surface area (Å²) >= 11 is 1.38. The number of aromatic nitrogens is 1. The van der Waals surface area contributed by atoms with Gasteiger partial charge in [0.05, 0.1) is 17.4 Å². The average molecular weight is 460 g/mol. The van der Waals surface area contributed by atoms with Crippen LogP contribution in [0, 0.1) is 5.92 Å². The van der Waals surface area contributed by atoms with Gasteiger partial charge in [0.25, 0.3) is 0 Å². The van der Waals surface area contributed by atoms with Gasteiger partial charge < -0.3 is 5.32 Å². The third kappa shape index (κ3) is 5.96. The molecule has 1 N–H and O–H groups in total. The molecule has 1 unspecified atom stereocenters. The molecule has 1 aliphatic rings. The summed E-state index contributed by atoms with van der Waals surface area (Å²) in [5.41, 5.74) is 2.58. The van der Waals surface area contributed by atoms with Gasteiger partial charge in [-0.2, -0.15) is 0 Å². The van der Waals surface area contributed by atoms with Crippen molar-refractivity contribution in [1.29, 1.82) is 0 Å². The number of carbonyl (C=O) groups excluding carboxylic acids is 2. The summed E-state index contributed by atoms with van der Waals surface area (Å²) in [5.74, 6) is 0.219. The van der Waals surface area contributed by atoms with Crippen molar-refractivity contribution in [2.45, 2.75) is 45.1 Å².